The molecule has 0 radical (unpaired) electrons. The second-order valence-electron chi connectivity index (χ2n) is 6.61. The quantitative estimate of drug-likeness (QED) is 0.640. The van der Waals surface area contributed by atoms with Crippen LogP contribution in [0.15, 0.2) is 47.6 Å². The Morgan fingerprint density at radius 1 is 1.23 bits per heavy atom. The third kappa shape index (κ3) is 4.14. The molecule has 0 unspecified atom stereocenters. The van der Waals surface area contributed by atoms with Gasteiger partial charge in [-0.25, -0.2) is 5.43 Å². The van der Waals surface area contributed by atoms with Crippen LogP contribution in [-0.4, -0.2) is 31.4 Å². The summed E-state index contributed by atoms with van der Waals surface area (Å²) < 4.78 is 16.8. The lowest BCUT2D eigenvalue weighted by molar-refractivity contribution is -0.123. The van der Waals surface area contributed by atoms with Crippen molar-refractivity contribution in [2.24, 2.45) is 5.10 Å². The molecule has 3 rings (SSSR count). The molecule has 6 nitrogen and oxygen atoms in total. The number of amides is 1. The minimum absolute atomic E-state index is 0.149. The minimum atomic E-state index is -0.356. The monoisotopic (exact) mass is 354 g/mol. The van der Waals surface area contributed by atoms with Gasteiger partial charge in [0.2, 0.25) is 0 Å². The number of fused-ring (bicyclic) bond motifs is 1. The second-order valence-corrected chi connectivity index (χ2v) is 6.61. The van der Waals surface area contributed by atoms with Crippen LogP contribution >= 0.6 is 0 Å². The maximum Gasteiger partial charge on any atom is 0.277 e. The molecule has 136 valence electrons. The van der Waals surface area contributed by atoms with Gasteiger partial charge in [-0.3, -0.25) is 4.79 Å². The van der Waals surface area contributed by atoms with Gasteiger partial charge in [0, 0.05) is 17.5 Å². The first-order valence-electron chi connectivity index (χ1n) is 8.37. The van der Waals surface area contributed by atoms with Crippen LogP contribution in [0.5, 0.6) is 17.2 Å². The molecule has 1 N–H and O–H groups in total. The van der Waals surface area contributed by atoms with Crippen LogP contribution in [0.2, 0.25) is 0 Å². The first kappa shape index (κ1) is 17.8. The van der Waals surface area contributed by atoms with Crippen LogP contribution in [0.1, 0.15) is 25.0 Å². The van der Waals surface area contributed by atoms with Crippen LogP contribution in [0, 0.1) is 0 Å². The molecule has 1 amide bonds. The predicted octanol–water partition coefficient (Wildman–Crippen LogP) is 2.94. The number of hydrogen-bond donors (Lipinski definition) is 1. The number of nitrogens with zero attached hydrogens (tertiary/aromatic N) is 1. The Kier molecular flexibility index (Phi) is 5.11. The smallest absolute Gasteiger partial charge is 0.277 e. The Balaban J connectivity index is 1.56. The van der Waals surface area contributed by atoms with Crippen LogP contribution in [0.4, 0.5) is 0 Å². The summed E-state index contributed by atoms with van der Waals surface area (Å²) in [7, 11) is 1.58. The molecule has 1 aliphatic heterocycles. The van der Waals surface area contributed by atoms with Crippen molar-refractivity contribution in [3.8, 4) is 17.2 Å². The number of methoxy groups -OCH3 is 1. The van der Waals surface area contributed by atoms with Gasteiger partial charge in [0.05, 0.1) is 13.3 Å². The lowest BCUT2D eigenvalue weighted by atomic mass is 10.0. The zero-order valence-electron chi connectivity index (χ0n) is 15.1. The molecule has 2 aromatic carbocycles. The number of carbonyl (C=O) groups is 1. The van der Waals surface area contributed by atoms with E-state index in [0.717, 1.165) is 17.5 Å². The van der Waals surface area contributed by atoms with Gasteiger partial charge in [0.25, 0.3) is 5.91 Å². The zero-order chi connectivity index (χ0) is 18.6. The van der Waals surface area contributed by atoms with Crippen LogP contribution in [-0.2, 0) is 11.2 Å². The number of carbonyl (C=O) groups excluding carboxylic acids is 1. The molecule has 0 atom stereocenters. The molecule has 1 heterocycles. The summed E-state index contributed by atoms with van der Waals surface area (Å²) in [5.74, 6) is 1.60. The first-order valence-corrected chi connectivity index (χ1v) is 8.37. The fraction of sp³-hybridized carbons (Fsp3) is 0.300. The fourth-order valence-corrected chi connectivity index (χ4v) is 2.82. The Labute approximate surface area is 152 Å². The Morgan fingerprint density at radius 3 is 2.81 bits per heavy atom. The normalized spacial score (nSPS) is 14.6. The number of benzene rings is 2. The van der Waals surface area contributed by atoms with Crippen molar-refractivity contribution >= 4 is 12.1 Å². The number of nitrogens with one attached hydrogen (secondary N) is 1. The molecule has 0 aliphatic carbocycles. The van der Waals surface area contributed by atoms with Crippen LogP contribution in [0.3, 0.4) is 0 Å². The SMILES string of the molecule is COc1ccccc1C=NNC(=O)COc1cccc2c1OC(C)(C)C2. The lowest BCUT2D eigenvalue weighted by Gasteiger charge is -2.18. The van der Waals surface area contributed by atoms with E-state index in [9.17, 15) is 4.79 Å². The molecule has 2 aromatic rings. The Bertz CT molecular complexity index is 830. The summed E-state index contributed by atoms with van der Waals surface area (Å²) in [6, 6.07) is 13.1. The van der Waals surface area contributed by atoms with Gasteiger partial charge < -0.3 is 14.2 Å². The highest BCUT2D eigenvalue weighted by atomic mass is 16.5. The average Bonchev–Trinajstić information content (AvgIpc) is 2.94. The van der Waals surface area contributed by atoms with E-state index < -0.39 is 0 Å². The number of rotatable bonds is 6. The van der Waals surface area contributed by atoms with Gasteiger partial charge in [-0.05, 0) is 32.0 Å². The first-order chi connectivity index (χ1) is 12.5. The third-order valence-corrected chi connectivity index (χ3v) is 3.95. The highest BCUT2D eigenvalue weighted by Crippen LogP contribution is 2.41. The average molecular weight is 354 g/mol. The van der Waals surface area contributed by atoms with E-state index in [1.165, 1.54) is 6.21 Å². The summed E-state index contributed by atoms with van der Waals surface area (Å²) >= 11 is 0. The van der Waals surface area contributed by atoms with Gasteiger partial charge in [-0.1, -0.05) is 24.3 Å². The van der Waals surface area contributed by atoms with E-state index in [2.05, 4.69) is 10.5 Å². The van der Waals surface area contributed by atoms with Gasteiger partial charge in [0.1, 0.15) is 11.4 Å². The number of hydrazone groups is 1. The third-order valence-electron chi connectivity index (χ3n) is 3.95. The molecular formula is C20H22N2O4. The predicted molar refractivity (Wildman–Crippen MR) is 99.1 cm³/mol. The van der Waals surface area contributed by atoms with Crippen LogP contribution in [0.25, 0.3) is 0 Å². The molecule has 26 heavy (non-hydrogen) atoms. The van der Waals surface area contributed by atoms with Gasteiger partial charge in [0.15, 0.2) is 18.1 Å². The maximum absolute atomic E-state index is 12.0. The molecule has 0 fully saturated rings. The van der Waals surface area contributed by atoms with Crippen molar-refractivity contribution in [1.29, 1.82) is 0 Å². The summed E-state index contributed by atoms with van der Waals surface area (Å²) in [6.07, 6.45) is 2.34. The van der Waals surface area contributed by atoms with Crippen molar-refractivity contribution in [2.45, 2.75) is 25.9 Å². The Hall–Kier alpha value is -3.02. The molecular weight excluding hydrogens is 332 g/mol. The highest BCUT2D eigenvalue weighted by molar-refractivity contribution is 5.85. The molecule has 0 bridgehead atoms. The van der Waals surface area contributed by atoms with E-state index in [-0.39, 0.29) is 18.1 Å². The van der Waals surface area contributed by atoms with Crippen molar-refractivity contribution in [3.05, 3.63) is 53.6 Å². The van der Waals surface area contributed by atoms with E-state index in [0.29, 0.717) is 17.2 Å². The summed E-state index contributed by atoms with van der Waals surface area (Å²) in [5.41, 5.74) is 4.04. The summed E-state index contributed by atoms with van der Waals surface area (Å²) in [6.45, 7) is 3.90. The standard InChI is InChI=1S/C20H22N2O4/c1-20(2)11-14-8-6-10-17(19(14)26-20)25-13-18(23)22-21-12-15-7-4-5-9-16(15)24-3/h4-10,12H,11,13H2,1-3H3,(H,22,23). The van der Waals surface area contributed by atoms with Gasteiger partial charge in [-0.15, -0.1) is 0 Å². The van der Waals surface area contributed by atoms with Crippen molar-refractivity contribution in [3.63, 3.8) is 0 Å². The number of para-hydroxylation sites is 2. The van der Waals surface area contributed by atoms with E-state index in [4.69, 9.17) is 14.2 Å². The maximum atomic E-state index is 12.0. The second kappa shape index (κ2) is 7.47. The van der Waals surface area contributed by atoms with Gasteiger partial charge >= 0.3 is 0 Å². The molecule has 0 saturated carbocycles. The topological polar surface area (TPSA) is 69.2 Å². The van der Waals surface area contributed by atoms with E-state index in [1.807, 2.05) is 50.2 Å². The van der Waals surface area contributed by atoms with Gasteiger partial charge in [-0.2, -0.15) is 5.10 Å². The van der Waals surface area contributed by atoms with E-state index in [1.54, 1.807) is 13.2 Å². The molecule has 0 spiro atoms. The summed E-state index contributed by atoms with van der Waals surface area (Å²) in [4.78, 5) is 12.0. The minimum Gasteiger partial charge on any atom is -0.496 e. The van der Waals surface area contributed by atoms with Crippen molar-refractivity contribution in [1.82, 2.24) is 5.43 Å². The molecule has 0 saturated heterocycles. The number of hydrogen-bond acceptors (Lipinski definition) is 5. The van der Waals surface area contributed by atoms with Crippen LogP contribution < -0.4 is 19.6 Å². The Morgan fingerprint density at radius 2 is 2.00 bits per heavy atom. The van der Waals surface area contributed by atoms with Crippen molar-refractivity contribution < 1.29 is 19.0 Å². The summed E-state index contributed by atoms with van der Waals surface area (Å²) in [5, 5.41) is 3.94. The molecule has 6 heteroatoms. The molecule has 0 aromatic heterocycles. The fourth-order valence-electron chi connectivity index (χ4n) is 2.82. The lowest BCUT2D eigenvalue weighted by Crippen LogP contribution is -2.26. The number of ether oxygens (including phenoxy) is 3. The highest BCUT2D eigenvalue weighted by Gasteiger charge is 2.32. The van der Waals surface area contributed by atoms with E-state index >= 15 is 0 Å². The largest absolute Gasteiger partial charge is 0.496 e. The van der Waals surface area contributed by atoms with Crippen molar-refractivity contribution in [2.75, 3.05) is 13.7 Å². The molecule has 1 aliphatic rings. The zero-order valence-corrected chi connectivity index (χ0v) is 15.1.